The molecule has 2 N–H and O–H groups in total. The van der Waals surface area contributed by atoms with Gasteiger partial charge in [-0.05, 0) is 36.5 Å². The maximum Gasteiger partial charge on any atom is 0.0233 e. The Labute approximate surface area is 99.2 Å². The molecular formula is C13H16BrN. The molecule has 3 rings (SSSR count). The maximum absolute atomic E-state index is 6.40. The Morgan fingerprint density at radius 1 is 1.40 bits per heavy atom. The van der Waals surface area contributed by atoms with E-state index in [1.165, 1.54) is 35.7 Å². The van der Waals surface area contributed by atoms with Gasteiger partial charge >= 0.3 is 0 Å². The van der Waals surface area contributed by atoms with Gasteiger partial charge in [-0.25, -0.2) is 0 Å². The summed E-state index contributed by atoms with van der Waals surface area (Å²) in [7, 11) is 0. The summed E-state index contributed by atoms with van der Waals surface area (Å²) in [6, 6.07) is 8.60. The zero-order valence-electron chi connectivity index (χ0n) is 8.75. The predicted octanol–water partition coefficient (Wildman–Crippen LogP) is 3.43. The quantitative estimate of drug-likeness (QED) is 0.891. The molecule has 2 aliphatic rings. The maximum atomic E-state index is 6.40. The van der Waals surface area contributed by atoms with Crippen molar-refractivity contribution in [3.63, 3.8) is 0 Å². The fourth-order valence-corrected chi connectivity index (χ4v) is 3.00. The van der Waals surface area contributed by atoms with Crippen molar-refractivity contribution in [3.8, 4) is 0 Å². The Hall–Kier alpha value is -0.340. The summed E-state index contributed by atoms with van der Waals surface area (Å²) in [5.41, 5.74) is 7.94. The molecule has 0 spiro atoms. The second kappa shape index (κ2) is 3.33. The lowest BCUT2D eigenvalue weighted by Crippen LogP contribution is -2.24. The molecule has 0 aromatic heterocycles. The van der Waals surface area contributed by atoms with Gasteiger partial charge in [-0.3, -0.25) is 0 Å². The SMILES string of the molecule is NC1(CC2CC2)CC1c1cccc(Br)c1. The van der Waals surface area contributed by atoms with E-state index in [0.29, 0.717) is 5.92 Å². The van der Waals surface area contributed by atoms with Crippen LogP contribution >= 0.6 is 15.9 Å². The van der Waals surface area contributed by atoms with Crippen LogP contribution in [-0.4, -0.2) is 5.54 Å². The molecule has 0 heterocycles. The fraction of sp³-hybridized carbons (Fsp3) is 0.538. The predicted molar refractivity (Wildman–Crippen MR) is 65.8 cm³/mol. The average Bonchev–Trinajstić information content (AvgIpc) is 3.07. The van der Waals surface area contributed by atoms with E-state index in [0.717, 1.165) is 5.92 Å². The van der Waals surface area contributed by atoms with Crippen LogP contribution in [0.3, 0.4) is 0 Å². The lowest BCUT2D eigenvalue weighted by Gasteiger charge is -2.10. The molecule has 2 aliphatic carbocycles. The first kappa shape index (κ1) is 9.86. The van der Waals surface area contributed by atoms with Gasteiger partial charge in [0, 0.05) is 15.9 Å². The first-order valence-corrected chi connectivity index (χ1v) is 6.51. The number of rotatable bonds is 3. The molecule has 1 aromatic carbocycles. The largest absolute Gasteiger partial charge is 0.325 e. The highest BCUT2D eigenvalue weighted by Crippen LogP contribution is 2.56. The lowest BCUT2D eigenvalue weighted by molar-refractivity contribution is 0.545. The molecule has 80 valence electrons. The third-order valence-corrected chi connectivity index (χ3v) is 4.23. The van der Waals surface area contributed by atoms with Gasteiger partial charge in [-0.2, -0.15) is 0 Å². The Morgan fingerprint density at radius 3 is 2.87 bits per heavy atom. The lowest BCUT2D eigenvalue weighted by atomic mass is 10.0. The minimum Gasteiger partial charge on any atom is -0.325 e. The summed E-state index contributed by atoms with van der Waals surface area (Å²) in [6.45, 7) is 0. The Kier molecular flexibility index (Phi) is 2.18. The van der Waals surface area contributed by atoms with E-state index in [1.54, 1.807) is 0 Å². The van der Waals surface area contributed by atoms with E-state index in [-0.39, 0.29) is 5.54 Å². The molecule has 0 aliphatic heterocycles. The van der Waals surface area contributed by atoms with Crippen LogP contribution in [0.2, 0.25) is 0 Å². The molecule has 0 bridgehead atoms. The van der Waals surface area contributed by atoms with Crippen molar-refractivity contribution in [1.29, 1.82) is 0 Å². The van der Waals surface area contributed by atoms with Crippen LogP contribution in [-0.2, 0) is 0 Å². The van der Waals surface area contributed by atoms with Gasteiger partial charge in [0.25, 0.3) is 0 Å². The van der Waals surface area contributed by atoms with Gasteiger partial charge in [0.15, 0.2) is 0 Å². The van der Waals surface area contributed by atoms with E-state index in [2.05, 4.69) is 40.2 Å². The smallest absolute Gasteiger partial charge is 0.0233 e. The molecule has 0 amide bonds. The number of halogens is 1. The van der Waals surface area contributed by atoms with Crippen LogP contribution in [0.4, 0.5) is 0 Å². The molecule has 15 heavy (non-hydrogen) atoms. The van der Waals surface area contributed by atoms with Gasteiger partial charge in [0.05, 0.1) is 0 Å². The summed E-state index contributed by atoms with van der Waals surface area (Å²) in [5.74, 6) is 1.54. The molecule has 2 saturated carbocycles. The number of benzene rings is 1. The van der Waals surface area contributed by atoms with E-state index in [4.69, 9.17) is 5.73 Å². The van der Waals surface area contributed by atoms with Gasteiger partial charge in [-0.1, -0.05) is 40.9 Å². The van der Waals surface area contributed by atoms with E-state index in [9.17, 15) is 0 Å². The summed E-state index contributed by atoms with van der Waals surface area (Å²) >= 11 is 3.52. The first-order valence-electron chi connectivity index (χ1n) is 5.72. The normalized spacial score (nSPS) is 34.1. The van der Waals surface area contributed by atoms with Gasteiger partial charge in [0.1, 0.15) is 0 Å². The zero-order chi connectivity index (χ0) is 10.5. The number of hydrogen-bond donors (Lipinski definition) is 1. The van der Waals surface area contributed by atoms with E-state index >= 15 is 0 Å². The third-order valence-electron chi connectivity index (χ3n) is 3.73. The van der Waals surface area contributed by atoms with Gasteiger partial charge in [-0.15, -0.1) is 0 Å². The highest BCUT2D eigenvalue weighted by atomic mass is 79.9. The Bertz CT molecular complexity index is 386. The molecule has 2 heteroatoms. The van der Waals surface area contributed by atoms with Crippen molar-refractivity contribution >= 4 is 15.9 Å². The van der Waals surface area contributed by atoms with Crippen molar-refractivity contribution in [1.82, 2.24) is 0 Å². The average molecular weight is 266 g/mol. The topological polar surface area (TPSA) is 26.0 Å². The summed E-state index contributed by atoms with van der Waals surface area (Å²) in [5, 5.41) is 0. The van der Waals surface area contributed by atoms with Crippen LogP contribution < -0.4 is 5.73 Å². The highest BCUT2D eigenvalue weighted by Gasteiger charge is 2.53. The van der Waals surface area contributed by atoms with Crippen molar-refractivity contribution < 1.29 is 0 Å². The number of hydrogen-bond acceptors (Lipinski definition) is 1. The minimum atomic E-state index is 0.127. The van der Waals surface area contributed by atoms with Crippen LogP contribution in [0.5, 0.6) is 0 Å². The molecule has 2 fully saturated rings. The molecule has 1 aromatic rings. The molecule has 0 radical (unpaired) electrons. The van der Waals surface area contributed by atoms with E-state index < -0.39 is 0 Å². The summed E-state index contributed by atoms with van der Waals surface area (Å²) in [4.78, 5) is 0. The van der Waals surface area contributed by atoms with Gasteiger partial charge in [0.2, 0.25) is 0 Å². The first-order chi connectivity index (χ1) is 7.17. The van der Waals surface area contributed by atoms with Crippen LogP contribution in [0.25, 0.3) is 0 Å². The summed E-state index contributed by atoms with van der Waals surface area (Å²) < 4.78 is 1.17. The molecule has 0 saturated heterocycles. The third kappa shape index (κ3) is 1.98. The molecule has 2 atom stereocenters. The van der Waals surface area contributed by atoms with Crippen molar-refractivity contribution in [2.24, 2.45) is 11.7 Å². The molecule has 2 unspecified atom stereocenters. The molecular weight excluding hydrogens is 250 g/mol. The van der Waals surface area contributed by atoms with Crippen molar-refractivity contribution in [2.45, 2.75) is 37.1 Å². The van der Waals surface area contributed by atoms with Crippen LogP contribution in [0.15, 0.2) is 28.7 Å². The van der Waals surface area contributed by atoms with Crippen molar-refractivity contribution in [2.75, 3.05) is 0 Å². The standard InChI is InChI=1S/C13H16BrN/c14-11-3-1-2-10(6-11)12-8-13(12,15)7-9-4-5-9/h1-3,6,9,12H,4-5,7-8,15H2. The summed E-state index contributed by atoms with van der Waals surface area (Å²) in [6.07, 6.45) is 5.23. The zero-order valence-corrected chi connectivity index (χ0v) is 10.3. The second-order valence-corrected chi connectivity index (χ2v) is 6.11. The second-order valence-electron chi connectivity index (χ2n) is 5.19. The fourth-order valence-electron chi connectivity index (χ4n) is 2.58. The Morgan fingerprint density at radius 2 is 2.20 bits per heavy atom. The van der Waals surface area contributed by atoms with Crippen LogP contribution in [0.1, 0.15) is 37.2 Å². The highest BCUT2D eigenvalue weighted by molar-refractivity contribution is 9.10. The van der Waals surface area contributed by atoms with Gasteiger partial charge < -0.3 is 5.73 Å². The Balaban J connectivity index is 1.74. The monoisotopic (exact) mass is 265 g/mol. The van der Waals surface area contributed by atoms with E-state index in [1.807, 2.05) is 0 Å². The molecule has 1 nitrogen and oxygen atoms in total. The van der Waals surface area contributed by atoms with Crippen molar-refractivity contribution in [3.05, 3.63) is 34.3 Å². The number of nitrogens with two attached hydrogens (primary N) is 1. The van der Waals surface area contributed by atoms with Crippen LogP contribution in [0, 0.1) is 5.92 Å². The minimum absolute atomic E-state index is 0.127.